The first kappa shape index (κ1) is 16.6. The number of hydrogen-bond donors (Lipinski definition) is 4. The molecule has 4 N–H and O–H groups in total. The maximum absolute atomic E-state index is 11.2. The number of carbonyl (C=O) groups is 1. The molecule has 25 heavy (non-hydrogen) atoms. The van der Waals surface area contributed by atoms with Gasteiger partial charge >= 0.3 is 5.97 Å². The van der Waals surface area contributed by atoms with E-state index in [1.165, 1.54) is 17.2 Å². The molecule has 0 spiro atoms. The Hall–Kier alpha value is -1.85. The van der Waals surface area contributed by atoms with Gasteiger partial charge in [0.05, 0.1) is 6.33 Å². The van der Waals surface area contributed by atoms with Crippen molar-refractivity contribution in [3.05, 3.63) is 17.8 Å². The molecule has 0 bridgehead atoms. The predicted molar refractivity (Wildman–Crippen MR) is 81.6 cm³/mol. The molecule has 2 aromatic heterocycles. The Morgan fingerprint density at radius 1 is 1.32 bits per heavy atom. The lowest BCUT2D eigenvalue weighted by molar-refractivity contribution is -0.174. The van der Waals surface area contributed by atoms with Gasteiger partial charge in [0.1, 0.15) is 29.2 Å². The molecule has 11 heteroatoms. The summed E-state index contributed by atoms with van der Waals surface area (Å²) in [6, 6.07) is 0. The molecular weight excluding hydrogens is 356 g/mol. The fraction of sp³-hybridized carbons (Fsp3) is 0.571. The molecule has 5 atom stereocenters. The van der Waals surface area contributed by atoms with Crippen LogP contribution in [0.4, 0.5) is 0 Å². The van der Waals surface area contributed by atoms with E-state index >= 15 is 0 Å². The van der Waals surface area contributed by atoms with E-state index in [0.717, 1.165) is 0 Å². The van der Waals surface area contributed by atoms with Crippen molar-refractivity contribution >= 4 is 28.7 Å². The number of aliphatic hydroxyl groups excluding tert-OH is 1. The van der Waals surface area contributed by atoms with E-state index in [2.05, 4.69) is 15.0 Å². The monoisotopic (exact) mass is 370 g/mol. The number of aliphatic carboxylic acids is 1. The van der Waals surface area contributed by atoms with Crippen molar-refractivity contribution in [2.75, 3.05) is 0 Å². The smallest absolute Gasteiger partial charge is 0.335 e. The first-order valence-corrected chi connectivity index (χ1v) is 7.81. The lowest BCUT2D eigenvalue weighted by Gasteiger charge is -2.28. The van der Waals surface area contributed by atoms with Crippen LogP contribution in [0, 0.1) is 5.41 Å². The van der Waals surface area contributed by atoms with E-state index in [9.17, 15) is 20.1 Å². The highest BCUT2D eigenvalue weighted by Gasteiger charge is 2.93. The molecule has 1 saturated heterocycles. The third-order valence-corrected chi connectivity index (χ3v) is 5.85. The summed E-state index contributed by atoms with van der Waals surface area (Å²) in [5, 5.41) is 41.2. The molecule has 4 rings (SSSR count). The van der Waals surface area contributed by atoms with Crippen LogP contribution < -0.4 is 0 Å². The van der Waals surface area contributed by atoms with Crippen LogP contribution in [0.15, 0.2) is 12.7 Å². The molecule has 1 saturated carbocycles. The van der Waals surface area contributed by atoms with Gasteiger partial charge in [0, 0.05) is 5.41 Å². The van der Waals surface area contributed by atoms with Crippen molar-refractivity contribution in [2.24, 2.45) is 5.41 Å². The lowest BCUT2D eigenvalue weighted by Crippen LogP contribution is -2.46. The van der Waals surface area contributed by atoms with E-state index in [1.807, 2.05) is 0 Å². The van der Waals surface area contributed by atoms with Crippen molar-refractivity contribution in [2.45, 2.75) is 43.5 Å². The molecule has 1 aliphatic carbocycles. The first-order chi connectivity index (χ1) is 11.6. The molecule has 134 valence electrons. The highest BCUT2D eigenvalue weighted by atomic mass is 35.5. The Bertz CT molecular complexity index is 903. The summed E-state index contributed by atoms with van der Waals surface area (Å²) >= 11 is 5.97. The minimum Gasteiger partial charge on any atom is -0.479 e. The Labute approximate surface area is 145 Å². The van der Waals surface area contributed by atoms with Gasteiger partial charge in [-0.15, -0.1) is 0 Å². The minimum atomic E-state index is -2.02. The SMILES string of the molecule is CC1(C)[C@]2(O)[C@H](n3cnc4c(Cl)ncnc43)O[C@H](C(O)C(=O)O)[C@]12O. The average Bonchev–Trinajstić information content (AvgIpc) is 2.93. The molecule has 10 nitrogen and oxygen atoms in total. The van der Waals surface area contributed by atoms with Crippen LogP contribution in [-0.2, 0) is 9.53 Å². The van der Waals surface area contributed by atoms with Gasteiger partial charge in [0.25, 0.3) is 0 Å². The summed E-state index contributed by atoms with van der Waals surface area (Å²) in [7, 11) is 0. The molecule has 3 heterocycles. The van der Waals surface area contributed by atoms with Gasteiger partial charge in [-0.05, 0) is 0 Å². The zero-order chi connectivity index (χ0) is 18.4. The maximum atomic E-state index is 11.2. The molecule has 0 radical (unpaired) electrons. The lowest BCUT2D eigenvalue weighted by atomic mass is 9.97. The normalized spacial score (nSPS) is 37.0. The van der Waals surface area contributed by atoms with Gasteiger partial charge in [0.15, 0.2) is 23.1 Å². The number of ether oxygens (including phenoxy) is 1. The summed E-state index contributed by atoms with van der Waals surface area (Å²) < 4.78 is 6.91. The number of hydrogen-bond acceptors (Lipinski definition) is 8. The Kier molecular flexibility index (Phi) is 3.09. The number of rotatable bonds is 3. The van der Waals surface area contributed by atoms with Crippen LogP contribution in [0.2, 0.25) is 5.15 Å². The van der Waals surface area contributed by atoms with E-state index in [0.29, 0.717) is 0 Å². The van der Waals surface area contributed by atoms with Crippen molar-refractivity contribution < 1.29 is 30.0 Å². The van der Waals surface area contributed by atoms with Crippen LogP contribution in [-0.4, -0.2) is 69.3 Å². The van der Waals surface area contributed by atoms with Gasteiger partial charge in [-0.25, -0.2) is 19.7 Å². The fourth-order valence-corrected chi connectivity index (χ4v) is 4.17. The second-order valence-corrected chi connectivity index (χ2v) is 7.20. The summed E-state index contributed by atoms with van der Waals surface area (Å²) in [5.41, 5.74) is -4.45. The second-order valence-electron chi connectivity index (χ2n) is 6.84. The number of halogens is 1. The number of fused-ring (bicyclic) bond motifs is 2. The summed E-state index contributed by atoms with van der Waals surface area (Å²) in [6.45, 7) is 3.12. The summed E-state index contributed by atoms with van der Waals surface area (Å²) in [5.74, 6) is -1.56. The van der Waals surface area contributed by atoms with Crippen LogP contribution in [0.5, 0.6) is 0 Å². The zero-order valence-electron chi connectivity index (χ0n) is 13.2. The molecule has 2 aromatic rings. The topological polar surface area (TPSA) is 151 Å². The highest BCUT2D eigenvalue weighted by Crippen LogP contribution is 2.75. The summed E-state index contributed by atoms with van der Waals surface area (Å²) in [4.78, 5) is 23.1. The van der Waals surface area contributed by atoms with E-state index < -0.39 is 41.0 Å². The van der Waals surface area contributed by atoms with Gasteiger partial charge in [0.2, 0.25) is 0 Å². The van der Waals surface area contributed by atoms with Crippen LogP contribution in [0.1, 0.15) is 20.1 Å². The summed E-state index contributed by atoms with van der Waals surface area (Å²) in [6.07, 6.45) is -2.27. The average molecular weight is 371 g/mol. The van der Waals surface area contributed by atoms with Gasteiger partial charge in [-0.3, -0.25) is 4.57 Å². The molecule has 2 aliphatic rings. The molecule has 1 unspecified atom stereocenters. The largest absolute Gasteiger partial charge is 0.479 e. The predicted octanol–water partition coefficient (Wildman–Crippen LogP) is -0.675. The number of aliphatic hydroxyl groups is 3. The molecule has 0 amide bonds. The first-order valence-electron chi connectivity index (χ1n) is 7.43. The Balaban J connectivity index is 1.86. The van der Waals surface area contributed by atoms with Crippen molar-refractivity contribution in [1.82, 2.24) is 19.5 Å². The highest BCUT2D eigenvalue weighted by molar-refractivity contribution is 6.33. The quantitative estimate of drug-likeness (QED) is 0.515. The number of carboxylic acid groups (broad SMARTS) is 1. The van der Waals surface area contributed by atoms with Crippen LogP contribution >= 0.6 is 11.6 Å². The zero-order valence-corrected chi connectivity index (χ0v) is 13.9. The number of imidazole rings is 1. The van der Waals surface area contributed by atoms with Crippen molar-refractivity contribution in [1.29, 1.82) is 0 Å². The van der Waals surface area contributed by atoms with Crippen molar-refractivity contribution in [3.63, 3.8) is 0 Å². The van der Waals surface area contributed by atoms with Gasteiger partial charge in [-0.1, -0.05) is 25.4 Å². The van der Waals surface area contributed by atoms with E-state index in [1.54, 1.807) is 13.8 Å². The Morgan fingerprint density at radius 3 is 2.64 bits per heavy atom. The van der Waals surface area contributed by atoms with E-state index in [4.69, 9.17) is 21.4 Å². The molecular formula is C14H15ClN4O6. The Morgan fingerprint density at radius 2 is 2.00 bits per heavy atom. The third kappa shape index (κ3) is 1.64. The number of aromatic nitrogens is 4. The van der Waals surface area contributed by atoms with Gasteiger partial charge in [-0.2, -0.15) is 0 Å². The molecule has 0 aromatic carbocycles. The van der Waals surface area contributed by atoms with Crippen LogP contribution in [0.25, 0.3) is 11.2 Å². The maximum Gasteiger partial charge on any atom is 0.335 e. The minimum absolute atomic E-state index is 0.0983. The number of carboxylic acids is 1. The molecule has 1 aliphatic heterocycles. The van der Waals surface area contributed by atoms with Crippen LogP contribution in [0.3, 0.4) is 0 Å². The van der Waals surface area contributed by atoms with Crippen molar-refractivity contribution in [3.8, 4) is 0 Å². The fourth-order valence-electron chi connectivity index (χ4n) is 4.00. The number of nitrogens with zero attached hydrogens (tertiary/aromatic N) is 4. The van der Waals surface area contributed by atoms with Gasteiger partial charge < -0.3 is 25.2 Å². The standard InChI is InChI=1S/C14H15ClN4O6/c1-12(2)13(23)7(6(20)10(21)22)25-11(14(12,13)24)19-4-18-5-8(15)16-3-17-9(5)19/h3-4,6-7,11,20,23-24H,1-2H3,(H,21,22)/t6?,7-,11-,13+,14-/m1/s1. The molecule has 2 fully saturated rings. The third-order valence-electron chi connectivity index (χ3n) is 5.58. The van der Waals surface area contributed by atoms with E-state index in [-0.39, 0.29) is 16.3 Å². The second kappa shape index (κ2) is 4.65.